The molecule has 0 spiro atoms. The zero-order chi connectivity index (χ0) is 23.1. The summed E-state index contributed by atoms with van der Waals surface area (Å²) in [4.78, 5) is 57.2. The van der Waals surface area contributed by atoms with Gasteiger partial charge in [-0.05, 0) is 62.6 Å². The molecule has 0 bridgehead atoms. The highest BCUT2D eigenvalue weighted by Crippen LogP contribution is 2.33. The lowest BCUT2D eigenvalue weighted by Gasteiger charge is -2.38. The molecule has 5 rings (SSSR count). The standard InChI is InChI=1S/C24H29ClN4O4/c25-18-7-8-20-19(13-18)23(32)29(24(33)26-20)14-15-1-3-16(4-2-15)21(30)27-9-11-28(12-10-27)22(31)17-5-6-17/h7-8,13,15-17H,1-6,9-12,14H2,(H,26,33). The van der Waals surface area contributed by atoms with E-state index in [1.54, 1.807) is 18.2 Å². The summed E-state index contributed by atoms with van der Waals surface area (Å²) in [7, 11) is 0. The number of benzene rings is 1. The van der Waals surface area contributed by atoms with E-state index in [1.165, 1.54) is 4.57 Å². The van der Waals surface area contributed by atoms with Gasteiger partial charge in [-0.15, -0.1) is 0 Å². The van der Waals surface area contributed by atoms with E-state index in [0.29, 0.717) is 48.6 Å². The van der Waals surface area contributed by atoms with Gasteiger partial charge >= 0.3 is 5.69 Å². The first-order chi connectivity index (χ1) is 15.9. The number of amides is 2. The van der Waals surface area contributed by atoms with Crippen LogP contribution < -0.4 is 11.2 Å². The molecule has 9 heteroatoms. The highest BCUT2D eigenvalue weighted by Gasteiger charge is 2.36. The molecular weight excluding hydrogens is 444 g/mol. The normalized spacial score (nSPS) is 23.7. The molecule has 33 heavy (non-hydrogen) atoms. The molecule has 8 nitrogen and oxygen atoms in total. The fourth-order valence-corrected chi connectivity index (χ4v) is 5.40. The third-order valence-corrected chi connectivity index (χ3v) is 7.65. The van der Waals surface area contributed by atoms with Crippen LogP contribution in [-0.2, 0) is 16.1 Å². The van der Waals surface area contributed by atoms with Crippen LogP contribution in [0.5, 0.6) is 0 Å². The van der Waals surface area contributed by atoms with Gasteiger partial charge in [0.2, 0.25) is 11.8 Å². The fraction of sp³-hybridized carbons (Fsp3) is 0.583. The minimum absolute atomic E-state index is 0.0163. The van der Waals surface area contributed by atoms with Crippen molar-refractivity contribution in [2.24, 2.45) is 17.8 Å². The van der Waals surface area contributed by atoms with Crippen molar-refractivity contribution in [3.63, 3.8) is 0 Å². The van der Waals surface area contributed by atoms with E-state index in [0.717, 1.165) is 38.5 Å². The quantitative estimate of drug-likeness (QED) is 0.738. The number of nitrogens with zero attached hydrogens (tertiary/aromatic N) is 3. The Morgan fingerprint density at radius 2 is 1.42 bits per heavy atom. The summed E-state index contributed by atoms with van der Waals surface area (Å²) in [5.41, 5.74) is -0.251. The highest BCUT2D eigenvalue weighted by molar-refractivity contribution is 6.31. The van der Waals surface area contributed by atoms with Crippen molar-refractivity contribution in [3.05, 3.63) is 44.1 Å². The molecule has 2 amide bonds. The monoisotopic (exact) mass is 472 g/mol. The van der Waals surface area contributed by atoms with Gasteiger partial charge < -0.3 is 14.8 Å². The van der Waals surface area contributed by atoms with Gasteiger partial charge in [-0.2, -0.15) is 0 Å². The van der Waals surface area contributed by atoms with Gasteiger partial charge in [0.25, 0.3) is 5.56 Å². The van der Waals surface area contributed by atoms with Gasteiger partial charge in [-0.3, -0.25) is 19.0 Å². The van der Waals surface area contributed by atoms with Crippen LogP contribution >= 0.6 is 11.6 Å². The lowest BCUT2D eigenvalue weighted by atomic mass is 9.81. The summed E-state index contributed by atoms with van der Waals surface area (Å²) in [5, 5.41) is 0.861. The molecule has 1 aromatic carbocycles. The van der Waals surface area contributed by atoms with Gasteiger partial charge in [0.15, 0.2) is 0 Å². The predicted octanol–water partition coefficient (Wildman–Crippen LogP) is 2.23. The van der Waals surface area contributed by atoms with Gasteiger partial charge in [0.1, 0.15) is 0 Å². The Morgan fingerprint density at radius 1 is 0.879 bits per heavy atom. The number of aromatic amines is 1. The van der Waals surface area contributed by atoms with Crippen molar-refractivity contribution in [1.82, 2.24) is 19.4 Å². The molecule has 2 aromatic rings. The number of H-pyrrole nitrogens is 1. The topological polar surface area (TPSA) is 95.5 Å². The van der Waals surface area contributed by atoms with Crippen molar-refractivity contribution in [3.8, 4) is 0 Å². The second kappa shape index (κ2) is 8.97. The van der Waals surface area contributed by atoms with E-state index < -0.39 is 5.69 Å². The average Bonchev–Trinajstić information content (AvgIpc) is 3.68. The van der Waals surface area contributed by atoms with E-state index >= 15 is 0 Å². The molecule has 3 fully saturated rings. The largest absolute Gasteiger partial charge is 0.339 e. The van der Waals surface area contributed by atoms with Gasteiger partial charge in [-0.25, -0.2) is 4.79 Å². The SMILES string of the molecule is O=C(C1CCC(Cn2c(=O)[nH]c3ccc(Cl)cc3c2=O)CC1)N1CCN(C(=O)C2CC2)CC1. The summed E-state index contributed by atoms with van der Waals surface area (Å²) in [5.74, 6) is 0.822. The smallest absolute Gasteiger partial charge is 0.328 e. The molecule has 0 atom stereocenters. The predicted molar refractivity (Wildman–Crippen MR) is 125 cm³/mol. The molecule has 1 aromatic heterocycles. The molecule has 2 aliphatic carbocycles. The van der Waals surface area contributed by atoms with Crippen LogP contribution in [0, 0.1) is 17.8 Å². The number of carbonyl (C=O) groups excluding carboxylic acids is 2. The lowest BCUT2D eigenvalue weighted by Crippen LogP contribution is -2.52. The minimum atomic E-state index is -0.411. The molecule has 1 N–H and O–H groups in total. The summed E-state index contributed by atoms with van der Waals surface area (Å²) in [6.07, 6.45) is 5.14. The molecule has 2 heterocycles. The second-order valence-electron chi connectivity index (χ2n) is 9.68. The number of hydrogen-bond acceptors (Lipinski definition) is 4. The Labute approximate surface area is 196 Å². The second-order valence-corrected chi connectivity index (χ2v) is 10.1. The number of fused-ring (bicyclic) bond motifs is 1. The van der Waals surface area contributed by atoms with Crippen LogP contribution in [-0.4, -0.2) is 57.3 Å². The molecule has 176 valence electrons. The first kappa shape index (κ1) is 22.2. The molecule has 1 saturated heterocycles. The number of hydrogen-bond donors (Lipinski definition) is 1. The fourth-order valence-electron chi connectivity index (χ4n) is 5.23. The van der Waals surface area contributed by atoms with Crippen molar-refractivity contribution in [2.45, 2.75) is 45.1 Å². The van der Waals surface area contributed by atoms with E-state index in [9.17, 15) is 19.2 Å². The maximum absolute atomic E-state index is 13.0. The molecule has 1 aliphatic heterocycles. The maximum Gasteiger partial charge on any atom is 0.328 e. The lowest BCUT2D eigenvalue weighted by molar-refractivity contribution is -0.143. The van der Waals surface area contributed by atoms with E-state index in [-0.39, 0.29) is 35.1 Å². The number of aromatic nitrogens is 2. The highest BCUT2D eigenvalue weighted by atomic mass is 35.5. The molecule has 0 unspecified atom stereocenters. The number of carbonyl (C=O) groups is 2. The Hall–Kier alpha value is -2.61. The Kier molecular flexibility index (Phi) is 6.03. The zero-order valence-corrected chi connectivity index (χ0v) is 19.4. The van der Waals surface area contributed by atoms with E-state index in [4.69, 9.17) is 11.6 Å². The van der Waals surface area contributed by atoms with Crippen LogP contribution in [0.2, 0.25) is 5.02 Å². The third kappa shape index (κ3) is 4.58. The van der Waals surface area contributed by atoms with E-state index in [1.807, 2.05) is 9.80 Å². The van der Waals surface area contributed by atoms with Crippen LogP contribution in [0.4, 0.5) is 0 Å². The van der Waals surface area contributed by atoms with Gasteiger partial charge in [0, 0.05) is 49.6 Å². The first-order valence-electron chi connectivity index (χ1n) is 11.9. The van der Waals surface area contributed by atoms with Crippen LogP contribution in [0.25, 0.3) is 10.9 Å². The number of halogens is 1. The molecule has 0 radical (unpaired) electrons. The molecular formula is C24H29ClN4O4. The number of piperazine rings is 1. The average molecular weight is 473 g/mol. The summed E-state index contributed by atoms with van der Waals surface area (Å²) >= 11 is 6.03. The summed E-state index contributed by atoms with van der Waals surface area (Å²) in [6, 6.07) is 4.87. The maximum atomic E-state index is 13.0. The van der Waals surface area contributed by atoms with Gasteiger partial charge in [0.05, 0.1) is 10.9 Å². The van der Waals surface area contributed by atoms with Crippen molar-refractivity contribution >= 4 is 34.3 Å². The minimum Gasteiger partial charge on any atom is -0.339 e. The Bertz CT molecular complexity index is 1190. The molecule has 2 saturated carbocycles. The Balaban J connectivity index is 1.17. The van der Waals surface area contributed by atoms with Crippen molar-refractivity contribution in [1.29, 1.82) is 0 Å². The Morgan fingerprint density at radius 3 is 1.97 bits per heavy atom. The van der Waals surface area contributed by atoms with Crippen LogP contribution in [0.1, 0.15) is 38.5 Å². The van der Waals surface area contributed by atoms with Crippen LogP contribution in [0.15, 0.2) is 27.8 Å². The van der Waals surface area contributed by atoms with Gasteiger partial charge in [-0.1, -0.05) is 11.6 Å². The van der Waals surface area contributed by atoms with E-state index in [2.05, 4.69) is 4.98 Å². The summed E-state index contributed by atoms with van der Waals surface area (Å²) < 4.78 is 1.27. The molecule has 3 aliphatic rings. The summed E-state index contributed by atoms with van der Waals surface area (Å²) in [6.45, 7) is 2.84. The third-order valence-electron chi connectivity index (χ3n) is 7.41. The zero-order valence-electron chi connectivity index (χ0n) is 18.6. The number of rotatable bonds is 4. The van der Waals surface area contributed by atoms with Crippen molar-refractivity contribution < 1.29 is 9.59 Å². The number of nitrogens with one attached hydrogen (secondary N) is 1. The van der Waals surface area contributed by atoms with Crippen molar-refractivity contribution in [2.75, 3.05) is 26.2 Å². The first-order valence-corrected chi connectivity index (χ1v) is 12.3. The van der Waals surface area contributed by atoms with Crippen LogP contribution in [0.3, 0.4) is 0 Å².